The van der Waals surface area contributed by atoms with Gasteiger partial charge in [0.15, 0.2) is 36.1 Å². The molecule has 10 aromatic rings. The number of nitrogens with zero attached hydrogens (tertiary/aromatic N) is 6. The number of aromatic nitrogens is 4. The van der Waals surface area contributed by atoms with Crippen LogP contribution < -0.4 is 43.9 Å². The van der Waals surface area contributed by atoms with E-state index in [-0.39, 0.29) is 66.8 Å². The van der Waals surface area contributed by atoms with Gasteiger partial charge in [0.25, 0.3) is 11.8 Å². The van der Waals surface area contributed by atoms with E-state index in [0.29, 0.717) is 55.5 Å². The molecule has 15 nitrogen and oxygen atoms in total. The minimum atomic E-state index is -1.63. The van der Waals surface area contributed by atoms with Crippen LogP contribution in [-0.2, 0) is 43.2 Å². The molecule has 1 saturated heterocycles. The van der Waals surface area contributed by atoms with Crippen LogP contribution in [0.5, 0.6) is 5.75 Å². The number of oxime groups is 1. The smallest absolute Gasteiger partial charge is 0.355 e. The molecule has 2 aliphatic heterocycles. The monoisotopic (exact) mass is 1260 g/mol. The Balaban J connectivity index is 0.00000736. The van der Waals surface area contributed by atoms with Crippen LogP contribution in [0.1, 0.15) is 45.4 Å². The van der Waals surface area contributed by atoms with E-state index in [2.05, 4.69) is 62.3 Å². The van der Waals surface area contributed by atoms with Crippen molar-refractivity contribution in [1.29, 1.82) is 0 Å². The molecule has 3 N–H and O–H groups in total. The number of pyridine rings is 1. The van der Waals surface area contributed by atoms with Crippen molar-refractivity contribution in [3.05, 3.63) is 287 Å². The molecule has 84 heavy (non-hydrogen) atoms. The number of β-lactam (4-membered cyclic amide) rings is 1. The molecule has 0 spiro atoms. The number of carbonyl (C=O) groups excluding carboxylic acids is 3. The first kappa shape index (κ1) is 56.6. The molecule has 1 unspecified atom stereocenters. The van der Waals surface area contributed by atoms with Crippen LogP contribution in [0.15, 0.2) is 257 Å². The highest BCUT2D eigenvalue weighted by Crippen LogP contribution is 2.48. The van der Waals surface area contributed by atoms with E-state index >= 15 is 4.79 Å². The Kier molecular flexibility index (Phi) is 16.9. The zero-order valence-electron chi connectivity index (χ0n) is 45.1. The second-order valence-corrected chi connectivity index (χ2v) is 21.9. The Labute approximate surface area is 509 Å². The van der Waals surface area contributed by atoms with Crippen molar-refractivity contribution in [2.45, 2.75) is 41.3 Å². The molecule has 1 fully saturated rings. The number of nitrogens with one attached hydrogen (secondary N) is 2. The van der Waals surface area contributed by atoms with Crippen molar-refractivity contribution in [2.75, 3.05) is 12.4 Å². The fourth-order valence-corrected chi connectivity index (χ4v) is 13.3. The third-order valence-electron chi connectivity index (χ3n) is 15.0. The number of hydrogen-bond acceptors (Lipinski definition) is 14. The molecule has 2 aliphatic rings. The fraction of sp³-hybridized carbons (Fsp3) is 0.121. The first-order chi connectivity index (χ1) is 40.8. The Hall–Kier alpha value is -9.24. The van der Waals surface area contributed by atoms with E-state index in [4.69, 9.17) is 19.0 Å². The summed E-state index contributed by atoms with van der Waals surface area (Å²) < 4.78 is 18.6. The lowest BCUT2D eigenvalue weighted by molar-refractivity contribution is -0.688. The van der Waals surface area contributed by atoms with Crippen LogP contribution in [0.2, 0.25) is 0 Å². The SMILES string of the molecule is COc1ccc(COC(=O)C2=C(C[n+]3cccc(-c4ncno4)c3)C(NC(=O)C(=NO)C(c3ccccc3)(c3ccccc3)c3ccccc3-c3csc(NC(c4ccccc4)(c4ccccc4)c4ccccc4)n3)S[C@H]3CC(=O)N23)cc1.[I-]. The van der Waals surface area contributed by atoms with Gasteiger partial charge in [-0.2, -0.15) is 4.98 Å². The minimum Gasteiger partial charge on any atom is -1.00 e. The first-order valence-electron chi connectivity index (χ1n) is 26.7. The second-order valence-electron chi connectivity index (χ2n) is 19.7. The Morgan fingerprint density at radius 3 is 1.90 bits per heavy atom. The lowest BCUT2D eigenvalue weighted by atomic mass is 9.64. The number of amides is 2. The van der Waals surface area contributed by atoms with Gasteiger partial charge >= 0.3 is 5.97 Å². The molecule has 18 heteroatoms. The van der Waals surface area contributed by atoms with Gasteiger partial charge in [-0.1, -0.05) is 198 Å². The van der Waals surface area contributed by atoms with Crippen molar-refractivity contribution in [1.82, 2.24) is 25.3 Å². The van der Waals surface area contributed by atoms with Gasteiger partial charge in [0.1, 0.15) is 34.5 Å². The number of benzene rings is 7. The predicted octanol–water partition coefficient (Wildman–Crippen LogP) is 8.17. The van der Waals surface area contributed by atoms with Crippen molar-refractivity contribution in [2.24, 2.45) is 5.16 Å². The summed E-state index contributed by atoms with van der Waals surface area (Å²) in [7, 11) is 1.57. The van der Waals surface area contributed by atoms with Gasteiger partial charge in [-0.25, -0.2) is 14.3 Å². The standard InChI is InChI=1S/C66H52N8O7S2.HI/c1-79-51-35-33-44(34-36-51)41-80-63(77)58-53(40-73-37-19-20-45(39-73)61-67-43-68-81-61)62(83-57-38-56(75)74(57)58)70-60(76)59(72-78)65(46-21-7-2-8-22-46,47-23-9-3-10-24-47)54-32-18-17-31-52(54)55-42-82-64(69-55)71-66(48-25-11-4-12-26-48,49-27-13-5-14-28-49)50-29-15-6-16-30-50;/h2-37,39,42-43,57,62H,38,40-41H2,1H3,(H2-,69,70,71,76,78);1H/t57-,62?;/m0./s1. The zero-order valence-corrected chi connectivity index (χ0v) is 48.9. The number of anilines is 1. The maximum absolute atomic E-state index is 16.0. The number of halogens is 1. The quantitative estimate of drug-likeness (QED) is 0.0103. The molecule has 0 aliphatic carbocycles. The highest BCUT2D eigenvalue weighted by atomic mass is 127. The number of thiazole rings is 1. The summed E-state index contributed by atoms with van der Waals surface area (Å²) in [6.45, 7) is -0.126. The number of thioether (sulfide) groups is 1. The molecular formula is C66H53IN8O7S2. The van der Waals surface area contributed by atoms with Gasteiger partial charge < -0.3 is 53.8 Å². The molecular weight excluding hydrogens is 1210 g/mol. The molecule has 2 amide bonds. The third-order valence-corrected chi connectivity index (χ3v) is 17.1. The largest absolute Gasteiger partial charge is 1.00 e. The lowest BCUT2D eigenvalue weighted by Gasteiger charge is -2.46. The highest BCUT2D eigenvalue weighted by molar-refractivity contribution is 8.00. The van der Waals surface area contributed by atoms with Crippen molar-refractivity contribution < 1.29 is 62.1 Å². The summed E-state index contributed by atoms with van der Waals surface area (Å²) in [5, 5.41) is 27.9. The third kappa shape index (κ3) is 10.9. The lowest BCUT2D eigenvalue weighted by Crippen LogP contribution is -3.00. The van der Waals surface area contributed by atoms with E-state index in [9.17, 15) is 14.8 Å². The van der Waals surface area contributed by atoms with E-state index in [0.717, 1.165) is 16.7 Å². The van der Waals surface area contributed by atoms with Crippen LogP contribution in [-0.4, -0.2) is 66.6 Å². The number of esters is 1. The van der Waals surface area contributed by atoms with Crippen LogP contribution >= 0.6 is 23.1 Å². The summed E-state index contributed by atoms with van der Waals surface area (Å²) in [5.41, 5.74) is 4.97. The molecule has 5 heterocycles. The van der Waals surface area contributed by atoms with Crippen LogP contribution in [0.4, 0.5) is 5.13 Å². The Morgan fingerprint density at radius 1 is 0.762 bits per heavy atom. The molecule has 3 aromatic heterocycles. The van der Waals surface area contributed by atoms with Gasteiger partial charge in [0, 0.05) is 17.0 Å². The van der Waals surface area contributed by atoms with Crippen LogP contribution in [0.25, 0.3) is 22.7 Å². The number of methoxy groups -OCH3 is 1. The average molecular weight is 1260 g/mol. The second kappa shape index (κ2) is 25.1. The normalized spacial score (nSPS) is 15.0. The van der Waals surface area contributed by atoms with E-state index in [1.54, 1.807) is 60.5 Å². The van der Waals surface area contributed by atoms with E-state index in [1.165, 1.54) is 34.3 Å². The first-order valence-corrected chi connectivity index (χ1v) is 28.5. The number of ether oxygens (including phenoxy) is 2. The van der Waals surface area contributed by atoms with Crippen molar-refractivity contribution >= 4 is 51.7 Å². The zero-order chi connectivity index (χ0) is 56.8. The fourth-order valence-electron chi connectivity index (χ4n) is 11.1. The van der Waals surface area contributed by atoms with Crippen molar-refractivity contribution in [3.63, 3.8) is 0 Å². The van der Waals surface area contributed by atoms with Gasteiger partial charge in [0.05, 0.1) is 35.6 Å². The number of hydrogen-bond donors (Lipinski definition) is 3. The summed E-state index contributed by atoms with van der Waals surface area (Å²) in [4.78, 5) is 55.6. The highest BCUT2D eigenvalue weighted by Gasteiger charge is 2.52. The molecule has 418 valence electrons. The summed E-state index contributed by atoms with van der Waals surface area (Å²) in [5.74, 6) is -0.893. The number of fused-ring (bicyclic) bond motifs is 1. The summed E-state index contributed by atoms with van der Waals surface area (Å²) >= 11 is 2.75. The molecule has 12 rings (SSSR count). The number of carbonyl (C=O) groups is 3. The Morgan fingerprint density at radius 2 is 1.35 bits per heavy atom. The average Bonchev–Trinajstić information content (AvgIpc) is 1.11. The van der Waals surface area contributed by atoms with Gasteiger partial charge in [-0.3, -0.25) is 14.5 Å². The van der Waals surface area contributed by atoms with Crippen LogP contribution in [0, 0.1) is 0 Å². The molecule has 7 aromatic carbocycles. The Bertz CT molecular complexity index is 3850. The van der Waals surface area contributed by atoms with E-state index < -0.39 is 33.6 Å². The molecule has 0 saturated carbocycles. The maximum Gasteiger partial charge on any atom is 0.355 e. The molecule has 0 bridgehead atoms. The molecule has 0 radical (unpaired) electrons. The summed E-state index contributed by atoms with van der Waals surface area (Å²) in [6, 6.07) is 68.3. The predicted molar refractivity (Wildman–Crippen MR) is 317 cm³/mol. The van der Waals surface area contributed by atoms with Crippen LogP contribution in [0.3, 0.4) is 0 Å². The van der Waals surface area contributed by atoms with Crippen molar-refractivity contribution in [3.8, 4) is 28.5 Å². The maximum atomic E-state index is 16.0. The summed E-state index contributed by atoms with van der Waals surface area (Å²) in [6.07, 6.45) is 4.96. The topological polar surface area (TPSA) is 185 Å². The van der Waals surface area contributed by atoms with E-state index in [1.807, 2.05) is 145 Å². The van der Waals surface area contributed by atoms with Gasteiger partial charge in [-0.15, -0.1) is 23.1 Å². The van der Waals surface area contributed by atoms with Gasteiger partial charge in [-0.05, 0) is 57.1 Å². The minimum absolute atomic E-state index is 0. The van der Waals surface area contributed by atoms with Gasteiger partial charge in [0.2, 0.25) is 5.91 Å². The number of rotatable bonds is 19. The molecule has 2 atom stereocenters.